The fraction of sp³-hybridized carbons (Fsp3) is 0.417. The van der Waals surface area contributed by atoms with E-state index in [1.54, 1.807) is 0 Å². The lowest BCUT2D eigenvalue weighted by atomic mass is 10.2. The molecule has 0 aliphatic carbocycles. The molecule has 0 aromatic rings. The smallest absolute Gasteiger partial charge is 0.0399 e. The second-order valence-electron chi connectivity index (χ2n) is 2.76. The molecule has 0 atom stereocenters. The monoisotopic (exact) mass is 177 g/mol. The van der Waals surface area contributed by atoms with Crippen molar-refractivity contribution in [2.45, 2.75) is 33.1 Å². The Bertz CT molecular complexity index is 209. The van der Waals surface area contributed by atoms with Crippen LogP contribution in [-0.2, 0) is 0 Å². The number of hydrogen-bond donors (Lipinski definition) is 0. The lowest BCUT2D eigenvalue weighted by molar-refractivity contribution is 0.957. The van der Waals surface area contributed by atoms with E-state index >= 15 is 0 Å². The van der Waals surface area contributed by atoms with Crippen LogP contribution >= 0.6 is 0 Å². The van der Waals surface area contributed by atoms with Crippen LogP contribution in [0.1, 0.15) is 33.1 Å². The summed E-state index contributed by atoms with van der Waals surface area (Å²) in [5.41, 5.74) is 1.05. The van der Waals surface area contributed by atoms with Crippen LogP contribution < -0.4 is 0 Å². The first-order chi connectivity index (χ1) is 6.35. The Morgan fingerprint density at radius 2 is 2.15 bits per heavy atom. The van der Waals surface area contributed by atoms with E-state index in [4.69, 9.17) is 0 Å². The topological polar surface area (TPSA) is 12.4 Å². The molecule has 0 amide bonds. The highest BCUT2D eigenvalue weighted by molar-refractivity contribution is 5.30. The van der Waals surface area contributed by atoms with Crippen molar-refractivity contribution >= 4 is 6.72 Å². The molecule has 13 heavy (non-hydrogen) atoms. The Hall–Kier alpha value is -1.11. The van der Waals surface area contributed by atoms with Crippen molar-refractivity contribution in [1.82, 2.24) is 0 Å². The molecule has 0 rings (SSSR count). The fourth-order valence-corrected chi connectivity index (χ4v) is 0.938. The highest BCUT2D eigenvalue weighted by Gasteiger charge is 1.88. The van der Waals surface area contributed by atoms with Crippen molar-refractivity contribution in [1.29, 1.82) is 0 Å². The molecule has 1 nitrogen and oxygen atoms in total. The summed E-state index contributed by atoms with van der Waals surface area (Å²) in [6.07, 6.45) is 13.5. The van der Waals surface area contributed by atoms with Gasteiger partial charge in [0.25, 0.3) is 0 Å². The summed E-state index contributed by atoms with van der Waals surface area (Å²) in [6, 6.07) is 0. The van der Waals surface area contributed by atoms with E-state index in [1.165, 1.54) is 0 Å². The predicted octanol–water partition coefficient (Wildman–Crippen LogP) is 3.89. The van der Waals surface area contributed by atoms with Gasteiger partial charge >= 0.3 is 0 Å². The van der Waals surface area contributed by atoms with Crippen molar-refractivity contribution in [3.05, 3.63) is 36.1 Å². The van der Waals surface area contributed by atoms with Crippen LogP contribution in [-0.4, -0.2) is 6.72 Å². The Kier molecular flexibility index (Phi) is 8.21. The second kappa shape index (κ2) is 8.98. The molecule has 0 aromatic carbocycles. The zero-order valence-electron chi connectivity index (χ0n) is 8.66. The zero-order valence-corrected chi connectivity index (χ0v) is 8.66. The van der Waals surface area contributed by atoms with Crippen LogP contribution in [0.2, 0.25) is 0 Å². The maximum Gasteiger partial charge on any atom is 0.0399 e. The van der Waals surface area contributed by atoms with Crippen LogP contribution in [0.4, 0.5) is 0 Å². The summed E-state index contributed by atoms with van der Waals surface area (Å²) in [5.74, 6) is 0. The molecule has 0 radical (unpaired) electrons. The highest BCUT2D eigenvalue weighted by Crippen LogP contribution is 2.06. The van der Waals surface area contributed by atoms with Crippen LogP contribution in [0.3, 0.4) is 0 Å². The average molecular weight is 177 g/mol. The van der Waals surface area contributed by atoms with Crippen LogP contribution in [0, 0.1) is 0 Å². The summed E-state index contributed by atoms with van der Waals surface area (Å²) >= 11 is 0. The van der Waals surface area contributed by atoms with Gasteiger partial charge in [-0.05, 0) is 39.0 Å². The molecule has 0 bridgehead atoms. The van der Waals surface area contributed by atoms with Crippen LogP contribution in [0.5, 0.6) is 0 Å². The molecule has 1 heteroatoms. The molecule has 0 aliphatic rings. The fourth-order valence-electron chi connectivity index (χ4n) is 0.938. The normalized spacial score (nSPS) is 12.9. The number of rotatable bonds is 6. The minimum absolute atomic E-state index is 0.977. The quantitative estimate of drug-likeness (QED) is 0.331. The third-order valence-corrected chi connectivity index (χ3v) is 1.65. The van der Waals surface area contributed by atoms with E-state index in [0.29, 0.717) is 0 Å². The number of hydrogen-bond acceptors (Lipinski definition) is 1. The SMILES string of the molecule is C=N/C(=C\C=C/C)CC/C=C\CC. The van der Waals surface area contributed by atoms with E-state index < -0.39 is 0 Å². The molecule has 0 aliphatic heterocycles. The van der Waals surface area contributed by atoms with Crippen molar-refractivity contribution < 1.29 is 0 Å². The third kappa shape index (κ3) is 7.26. The van der Waals surface area contributed by atoms with Crippen molar-refractivity contribution in [3.63, 3.8) is 0 Å². The first-order valence-electron chi connectivity index (χ1n) is 4.78. The Morgan fingerprint density at radius 3 is 2.69 bits per heavy atom. The molecule has 0 unspecified atom stereocenters. The van der Waals surface area contributed by atoms with E-state index in [2.05, 4.69) is 30.8 Å². The van der Waals surface area contributed by atoms with Gasteiger partial charge in [-0.1, -0.05) is 31.2 Å². The molecular weight excluding hydrogens is 158 g/mol. The van der Waals surface area contributed by atoms with Gasteiger partial charge in [0.1, 0.15) is 0 Å². The van der Waals surface area contributed by atoms with E-state index in [9.17, 15) is 0 Å². The van der Waals surface area contributed by atoms with E-state index in [0.717, 1.165) is 25.0 Å². The lowest BCUT2D eigenvalue weighted by Crippen LogP contribution is -1.76. The van der Waals surface area contributed by atoms with Gasteiger partial charge in [0.05, 0.1) is 0 Å². The third-order valence-electron chi connectivity index (χ3n) is 1.65. The van der Waals surface area contributed by atoms with E-state index in [1.807, 2.05) is 25.2 Å². The van der Waals surface area contributed by atoms with Gasteiger partial charge in [-0.2, -0.15) is 0 Å². The minimum Gasteiger partial charge on any atom is -0.269 e. The van der Waals surface area contributed by atoms with Gasteiger partial charge < -0.3 is 0 Å². The van der Waals surface area contributed by atoms with Crippen molar-refractivity contribution in [3.8, 4) is 0 Å². The molecule has 0 fully saturated rings. The highest BCUT2D eigenvalue weighted by atomic mass is 14.7. The Morgan fingerprint density at radius 1 is 1.38 bits per heavy atom. The molecule has 0 aromatic heterocycles. The summed E-state index contributed by atoms with van der Waals surface area (Å²) < 4.78 is 0. The largest absolute Gasteiger partial charge is 0.269 e. The summed E-state index contributed by atoms with van der Waals surface area (Å²) in [5, 5.41) is 0. The minimum atomic E-state index is 0.977. The molecule has 0 heterocycles. The predicted molar refractivity (Wildman–Crippen MR) is 61.1 cm³/mol. The summed E-state index contributed by atoms with van der Waals surface area (Å²) in [6.45, 7) is 7.67. The van der Waals surface area contributed by atoms with Crippen molar-refractivity contribution in [2.75, 3.05) is 0 Å². The first kappa shape index (κ1) is 11.9. The lowest BCUT2D eigenvalue weighted by Gasteiger charge is -1.95. The molecular formula is C12H19N. The summed E-state index contributed by atoms with van der Waals surface area (Å²) in [4.78, 5) is 3.95. The molecule has 72 valence electrons. The van der Waals surface area contributed by atoms with Gasteiger partial charge in [-0.15, -0.1) is 0 Å². The van der Waals surface area contributed by atoms with Gasteiger partial charge in [0.2, 0.25) is 0 Å². The van der Waals surface area contributed by atoms with Gasteiger partial charge in [-0.3, -0.25) is 4.99 Å². The van der Waals surface area contributed by atoms with Gasteiger partial charge in [0, 0.05) is 5.70 Å². The molecule has 0 saturated heterocycles. The standard InChI is InChI=1S/C12H19N/c1-4-6-8-9-11-12(13-3)10-7-5-2/h5-8,10H,3-4,9,11H2,1-2H3/b7-5-,8-6-,12-10-. The molecule has 0 saturated carbocycles. The number of aliphatic imine (C=N–C) groups is 1. The molecule has 0 spiro atoms. The Labute approximate surface area is 81.6 Å². The second-order valence-corrected chi connectivity index (χ2v) is 2.76. The first-order valence-corrected chi connectivity index (χ1v) is 4.78. The summed E-state index contributed by atoms with van der Waals surface area (Å²) in [7, 11) is 0. The van der Waals surface area contributed by atoms with Crippen molar-refractivity contribution in [2.24, 2.45) is 4.99 Å². The average Bonchev–Trinajstić information content (AvgIpc) is 2.17. The maximum absolute atomic E-state index is 3.95. The molecule has 0 N–H and O–H groups in total. The van der Waals surface area contributed by atoms with E-state index in [-0.39, 0.29) is 0 Å². The van der Waals surface area contributed by atoms with Gasteiger partial charge in [0.15, 0.2) is 0 Å². The number of allylic oxidation sites excluding steroid dienone is 6. The zero-order chi connectivity index (χ0) is 9.94. The maximum atomic E-state index is 3.95. The van der Waals surface area contributed by atoms with Gasteiger partial charge in [-0.25, -0.2) is 0 Å². The Balaban J connectivity index is 3.85. The van der Waals surface area contributed by atoms with Crippen LogP contribution in [0.25, 0.3) is 0 Å². The number of nitrogens with zero attached hydrogens (tertiary/aromatic N) is 1. The van der Waals surface area contributed by atoms with Crippen LogP contribution in [0.15, 0.2) is 41.1 Å².